The number of rotatable bonds is 3. The minimum Gasteiger partial charge on any atom is -0.311 e. The van der Waals surface area contributed by atoms with Crippen molar-refractivity contribution in [2.45, 2.75) is 64.3 Å². The first-order valence-corrected chi connectivity index (χ1v) is 11.8. The van der Waals surface area contributed by atoms with Gasteiger partial charge in [-0.25, -0.2) is 4.39 Å². The van der Waals surface area contributed by atoms with E-state index in [0.29, 0.717) is 0 Å². The van der Waals surface area contributed by atoms with Crippen molar-refractivity contribution >= 4 is 11.6 Å². The molecule has 1 amide bonds. The molecule has 0 radical (unpaired) electrons. The van der Waals surface area contributed by atoms with Gasteiger partial charge in [0.1, 0.15) is 5.82 Å². The van der Waals surface area contributed by atoms with E-state index in [-0.39, 0.29) is 23.1 Å². The summed E-state index contributed by atoms with van der Waals surface area (Å²) in [6, 6.07) is 11.8. The summed E-state index contributed by atoms with van der Waals surface area (Å²) in [6.07, 6.45) is 6.26. The molecular weight excluding hydrogens is 387 g/mol. The van der Waals surface area contributed by atoms with E-state index in [1.807, 2.05) is 11.0 Å². The Morgan fingerprint density at radius 3 is 2.39 bits per heavy atom. The van der Waals surface area contributed by atoms with Gasteiger partial charge < -0.3 is 4.90 Å². The third kappa shape index (κ3) is 3.91. The van der Waals surface area contributed by atoms with Gasteiger partial charge in [0, 0.05) is 30.1 Å². The van der Waals surface area contributed by atoms with E-state index in [9.17, 15) is 9.18 Å². The molecule has 2 aromatic carbocycles. The molecule has 31 heavy (non-hydrogen) atoms. The highest BCUT2D eigenvalue weighted by molar-refractivity contribution is 5.98. The number of benzene rings is 2. The summed E-state index contributed by atoms with van der Waals surface area (Å²) in [4.78, 5) is 17.8. The number of hydrogen-bond donors (Lipinski definition) is 0. The average Bonchev–Trinajstić information content (AvgIpc) is 3.36. The topological polar surface area (TPSA) is 23.6 Å². The molecule has 0 unspecified atom stereocenters. The third-order valence-electron chi connectivity index (χ3n) is 7.75. The van der Waals surface area contributed by atoms with Crippen LogP contribution < -0.4 is 4.90 Å². The molecule has 164 valence electrons. The van der Waals surface area contributed by atoms with Crippen LogP contribution in [0.15, 0.2) is 36.4 Å². The highest BCUT2D eigenvalue weighted by Gasteiger charge is 2.47. The first-order chi connectivity index (χ1) is 14.9. The number of nitrogens with zero attached hydrogens (tertiary/aromatic N) is 2. The van der Waals surface area contributed by atoms with Crippen molar-refractivity contribution < 1.29 is 9.18 Å². The Balaban J connectivity index is 1.35. The van der Waals surface area contributed by atoms with Crippen molar-refractivity contribution in [3.8, 4) is 0 Å². The van der Waals surface area contributed by atoms with Crippen LogP contribution in [0, 0.1) is 25.6 Å². The van der Waals surface area contributed by atoms with E-state index in [2.05, 4.69) is 36.9 Å². The van der Waals surface area contributed by atoms with Crippen LogP contribution in [0.2, 0.25) is 0 Å². The molecule has 2 fully saturated rings. The second-order valence-corrected chi connectivity index (χ2v) is 10.1. The lowest BCUT2D eigenvalue weighted by molar-refractivity contribution is -0.122. The average molecular weight is 421 g/mol. The number of likely N-dealkylation sites (tertiary alicyclic amines) is 1. The lowest BCUT2D eigenvalue weighted by Crippen LogP contribution is -2.46. The van der Waals surface area contributed by atoms with Gasteiger partial charge in [-0.3, -0.25) is 9.69 Å². The van der Waals surface area contributed by atoms with Gasteiger partial charge in [-0.1, -0.05) is 42.2 Å². The van der Waals surface area contributed by atoms with Crippen molar-refractivity contribution in [3.05, 3.63) is 64.5 Å². The Morgan fingerprint density at radius 1 is 1.03 bits per heavy atom. The van der Waals surface area contributed by atoms with Gasteiger partial charge in [-0.2, -0.15) is 0 Å². The number of fused-ring (bicyclic) bond motifs is 2. The summed E-state index contributed by atoms with van der Waals surface area (Å²) in [5.41, 5.74) is 5.90. The normalized spacial score (nSPS) is 21.1. The Morgan fingerprint density at radius 2 is 1.71 bits per heavy atom. The molecule has 4 heteroatoms. The molecule has 2 aromatic rings. The van der Waals surface area contributed by atoms with Crippen LogP contribution in [0.4, 0.5) is 10.1 Å². The first kappa shape index (κ1) is 20.7. The fourth-order valence-corrected chi connectivity index (χ4v) is 6.22. The second-order valence-electron chi connectivity index (χ2n) is 10.1. The van der Waals surface area contributed by atoms with Crippen LogP contribution in [0.25, 0.3) is 0 Å². The van der Waals surface area contributed by atoms with E-state index in [1.165, 1.54) is 22.8 Å². The van der Waals surface area contributed by atoms with E-state index in [4.69, 9.17) is 0 Å². The van der Waals surface area contributed by atoms with E-state index in [0.717, 1.165) is 76.0 Å². The molecule has 1 aliphatic carbocycles. The monoisotopic (exact) mass is 420 g/mol. The second kappa shape index (κ2) is 8.05. The van der Waals surface area contributed by atoms with Crippen LogP contribution in [0.3, 0.4) is 0 Å². The lowest BCUT2D eigenvalue weighted by Gasteiger charge is -2.40. The minimum absolute atomic E-state index is 0.106. The Labute approximate surface area is 185 Å². The van der Waals surface area contributed by atoms with Gasteiger partial charge in [0.05, 0.1) is 0 Å². The minimum atomic E-state index is -0.189. The Bertz CT molecular complexity index is 966. The molecule has 1 saturated carbocycles. The summed E-state index contributed by atoms with van der Waals surface area (Å²) in [5.74, 6) is 0.226. The molecule has 1 spiro atoms. The van der Waals surface area contributed by atoms with Crippen molar-refractivity contribution in [1.29, 1.82) is 0 Å². The highest BCUT2D eigenvalue weighted by Crippen LogP contribution is 2.48. The van der Waals surface area contributed by atoms with E-state index >= 15 is 0 Å². The highest BCUT2D eigenvalue weighted by atomic mass is 19.1. The number of amides is 1. The SMILES string of the molecule is Cc1cc(C)cc(CN2CCC3(CC2)CN(C(=O)C2CCCC2)c2ccc(F)cc23)c1. The fourth-order valence-electron chi connectivity index (χ4n) is 6.22. The van der Waals surface area contributed by atoms with Crippen LogP contribution >= 0.6 is 0 Å². The zero-order valence-electron chi connectivity index (χ0n) is 18.8. The largest absolute Gasteiger partial charge is 0.311 e. The Hall–Kier alpha value is -2.20. The quantitative estimate of drug-likeness (QED) is 0.653. The smallest absolute Gasteiger partial charge is 0.230 e. The number of anilines is 1. The van der Waals surface area contributed by atoms with Gasteiger partial charge in [0.25, 0.3) is 0 Å². The van der Waals surface area contributed by atoms with Crippen molar-refractivity contribution in [3.63, 3.8) is 0 Å². The van der Waals surface area contributed by atoms with Gasteiger partial charge >= 0.3 is 0 Å². The van der Waals surface area contributed by atoms with E-state index in [1.54, 1.807) is 6.07 Å². The van der Waals surface area contributed by atoms with Crippen LogP contribution in [-0.2, 0) is 16.8 Å². The molecule has 1 saturated heterocycles. The van der Waals surface area contributed by atoms with E-state index < -0.39 is 0 Å². The maximum Gasteiger partial charge on any atom is 0.230 e. The summed E-state index contributed by atoms with van der Waals surface area (Å²) >= 11 is 0. The van der Waals surface area contributed by atoms with Crippen LogP contribution in [-0.4, -0.2) is 30.4 Å². The number of aryl methyl sites for hydroxylation is 2. The van der Waals surface area contributed by atoms with Gasteiger partial charge in [0.15, 0.2) is 0 Å². The van der Waals surface area contributed by atoms with Crippen molar-refractivity contribution in [2.24, 2.45) is 5.92 Å². The lowest BCUT2D eigenvalue weighted by atomic mass is 9.74. The van der Waals surface area contributed by atoms with Gasteiger partial charge in [-0.15, -0.1) is 0 Å². The molecule has 0 aromatic heterocycles. The Kier molecular flexibility index (Phi) is 5.37. The molecule has 2 heterocycles. The molecule has 0 atom stereocenters. The number of hydrogen-bond acceptors (Lipinski definition) is 2. The zero-order chi connectivity index (χ0) is 21.6. The molecular formula is C27H33FN2O. The predicted molar refractivity (Wildman–Crippen MR) is 123 cm³/mol. The standard InChI is InChI=1S/C27H33FN2O/c1-19-13-20(2)15-21(14-19)17-29-11-9-27(10-12-29)18-30(26(31)22-5-3-4-6-22)25-8-7-23(28)16-24(25)27/h7-8,13-16,22H,3-6,9-12,17-18H2,1-2H3. The predicted octanol–water partition coefficient (Wildman–Crippen LogP) is 5.51. The molecule has 2 aliphatic heterocycles. The molecule has 3 nitrogen and oxygen atoms in total. The summed E-state index contributed by atoms with van der Waals surface area (Å²) in [6.45, 7) is 7.95. The summed E-state index contributed by atoms with van der Waals surface area (Å²) in [7, 11) is 0. The van der Waals surface area contributed by atoms with Gasteiger partial charge in [0.2, 0.25) is 5.91 Å². The number of carbonyl (C=O) groups is 1. The molecule has 5 rings (SSSR count). The van der Waals surface area contributed by atoms with Gasteiger partial charge in [-0.05, 0) is 81.9 Å². The molecule has 3 aliphatic rings. The van der Waals surface area contributed by atoms with Crippen LogP contribution in [0.5, 0.6) is 0 Å². The number of piperidine rings is 1. The molecule has 0 bridgehead atoms. The van der Waals surface area contributed by atoms with Crippen molar-refractivity contribution in [1.82, 2.24) is 4.90 Å². The summed E-state index contributed by atoms with van der Waals surface area (Å²) < 4.78 is 14.3. The third-order valence-corrected chi connectivity index (χ3v) is 7.75. The first-order valence-electron chi connectivity index (χ1n) is 11.8. The zero-order valence-corrected chi connectivity index (χ0v) is 18.8. The summed E-state index contributed by atoms with van der Waals surface area (Å²) in [5, 5.41) is 0. The number of halogens is 1. The van der Waals surface area contributed by atoms with Crippen LogP contribution in [0.1, 0.15) is 60.8 Å². The maximum atomic E-state index is 14.3. The molecule has 0 N–H and O–H groups in total. The number of carbonyl (C=O) groups excluding carboxylic acids is 1. The van der Waals surface area contributed by atoms with Crippen molar-refractivity contribution in [2.75, 3.05) is 24.5 Å². The maximum absolute atomic E-state index is 14.3. The fraction of sp³-hybridized carbons (Fsp3) is 0.519.